The molecule has 2 N–H and O–H groups in total. The molecule has 0 spiro atoms. The first kappa shape index (κ1) is 18.0. The quantitative estimate of drug-likeness (QED) is 0.772. The molecule has 0 heterocycles. The van der Waals surface area contributed by atoms with Crippen molar-refractivity contribution in [3.8, 4) is 0 Å². The van der Waals surface area contributed by atoms with Crippen molar-refractivity contribution in [3.63, 3.8) is 0 Å². The van der Waals surface area contributed by atoms with Crippen LogP contribution in [0.1, 0.15) is 50.7 Å². The fourth-order valence-electron chi connectivity index (χ4n) is 3.37. The third-order valence-corrected chi connectivity index (χ3v) is 5.06. The number of rotatable bonds is 8. The van der Waals surface area contributed by atoms with E-state index in [0.717, 1.165) is 51.9 Å². The van der Waals surface area contributed by atoms with E-state index in [9.17, 15) is 4.79 Å². The largest absolute Gasteiger partial charge is 0.481 e. The number of benzene rings is 1. The highest BCUT2D eigenvalue weighted by molar-refractivity contribution is 5.70. The first-order chi connectivity index (χ1) is 11.1. The van der Waals surface area contributed by atoms with Crippen LogP contribution in [0.3, 0.4) is 0 Å². The van der Waals surface area contributed by atoms with Gasteiger partial charge in [-0.15, -0.1) is 0 Å². The summed E-state index contributed by atoms with van der Waals surface area (Å²) in [5.74, 6) is -0.768. The van der Waals surface area contributed by atoms with E-state index < -0.39 is 5.97 Å². The molecule has 128 valence electrons. The molecule has 1 fully saturated rings. The Bertz CT molecular complexity index is 492. The second kappa shape index (κ2) is 9.04. The molecule has 0 saturated heterocycles. The Morgan fingerprint density at radius 1 is 1.13 bits per heavy atom. The summed E-state index contributed by atoms with van der Waals surface area (Å²) in [6.45, 7) is 8.40. The maximum Gasteiger partial charge on any atom is 0.306 e. The van der Waals surface area contributed by atoms with Gasteiger partial charge < -0.3 is 10.4 Å². The highest BCUT2D eigenvalue weighted by Gasteiger charge is 2.25. The van der Waals surface area contributed by atoms with Gasteiger partial charge in [0.05, 0.1) is 5.92 Å². The zero-order valence-corrected chi connectivity index (χ0v) is 14.4. The average molecular weight is 318 g/mol. The smallest absolute Gasteiger partial charge is 0.306 e. The molecule has 0 radical (unpaired) electrons. The van der Waals surface area contributed by atoms with Crippen LogP contribution in [0.15, 0.2) is 24.3 Å². The molecule has 0 aromatic heterocycles. The molecular formula is C19H30N2O2. The Morgan fingerprint density at radius 2 is 1.74 bits per heavy atom. The third kappa shape index (κ3) is 5.33. The molecule has 1 aromatic carbocycles. The van der Waals surface area contributed by atoms with Gasteiger partial charge in [0.25, 0.3) is 0 Å². The van der Waals surface area contributed by atoms with E-state index in [-0.39, 0.29) is 5.92 Å². The van der Waals surface area contributed by atoms with Crippen molar-refractivity contribution in [3.05, 3.63) is 35.4 Å². The van der Waals surface area contributed by atoms with Crippen molar-refractivity contribution in [2.45, 2.75) is 58.7 Å². The molecule has 0 bridgehead atoms. The van der Waals surface area contributed by atoms with Crippen molar-refractivity contribution in [2.24, 2.45) is 5.92 Å². The van der Waals surface area contributed by atoms with Gasteiger partial charge >= 0.3 is 5.97 Å². The van der Waals surface area contributed by atoms with E-state index in [2.05, 4.69) is 48.3 Å². The maximum atomic E-state index is 11.0. The van der Waals surface area contributed by atoms with Crippen LogP contribution >= 0.6 is 0 Å². The van der Waals surface area contributed by atoms with Gasteiger partial charge in [0.15, 0.2) is 0 Å². The van der Waals surface area contributed by atoms with Crippen LogP contribution in [0.4, 0.5) is 0 Å². The highest BCUT2D eigenvalue weighted by Crippen LogP contribution is 2.24. The van der Waals surface area contributed by atoms with E-state index in [1.807, 2.05) is 0 Å². The van der Waals surface area contributed by atoms with Gasteiger partial charge in [-0.05, 0) is 49.9 Å². The van der Waals surface area contributed by atoms with E-state index in [1.54, 1.807) is 0 Å². The molecule has 23 heavy (non-hydrogen) atoms. The number of carboxylic acids is 1. The van der Waals surface area contributed by atoms with Gasteiger partial charge in [-0.25, -0.2) is 0 Å². The van der Waals surface area contributed by atoms with E-state index in [4.69, 9.17) is 5.11 Å². The molecular weight excluding hydrogens is 288 g/mol. The summed E-state index contributed by atoms with van der Waals surface area (Å²) in [7, 11) is 0. The molecule has 0 amide bonds. The average Bonchev–Trinajstić information content (AvgIpc) is 2.59. The van der Waals surface area contributed by atoms with Crippen molar-refractivity contribution >= 4 is 5.97 Å². The molecule has 4 heteroatoms. The lowest BCUT2D eigenvalue weighted by atomic mass is 9.86. The van der Waals surface area contributed by atoms with Crippen LogP contribution < -0.4 is 5.32 Å². The van der Waals surface area contributed by atoms with E-state index in [0.29, 0.717) is 6.04 Å². The molecule has 1 aliphatic carbocycles. The predicted molar refractivity (Wildman–Crippen MR) is 93.3 cm³/mol. The second-order valence-corrected chi connectivity index (χ2v) is 6.50. The summed E-state index contributed by atoms with van der Waals surface area (Å²) in [4.78, 5) is 13.4. The normalized spacial score (nSPS) is 21.5. The van der Waals surface area contributed by atoms with Gasteiger partial charge in [-0.1, -0.05) is 38.1 Å². The Kier molecular flexibility index (Phi) is 7.06. The summed E-state index contributed by atoms with van der Waals surface area (Å²) in [6.07, 6.45) is 3.53. The summed E-state index contributed by atoms with van der Waals surface area (Å²) in [5, 5.41) is 12.7. The summed E-state index contributed by atoms with van der Waals surface area (Å²) >= 11 is 0. The SMILES string of the molecule is CCN(CC)Cc1ccccc1CNC1CCC(C(=O)O)CC1. The minimum Gasteiger partial charge on any atom is -0.481 e. The number of carboxylic acid groups (broad SMARTS) is 1. The lowest BCUT2D eigenvalue weighted by molar-refractivity contribution is -0.142. The predicted octanol–water partition coefficient (Wildman–Crippen LogP) is 3.26. The number of nitrogens with zero attached hydrogens (tertiary/aromatic N) is 1. The maximum absolute atomic E-state index is 11.0. The minimum atomic E-state index is -0.631. The van der Waals surface area contributed by atoms with Crippen LogP contribution in [0.2, 0.25) is 0 Å². The number of nitrogens with one attached hydrogen (secondary N) is 1. The zero-order valence-electron chi connectivity index (χ0n) is 14.4. The molecule has 0 aliphatic heterocycles. The summed E-state index contributed by atoms with van der Waals surface area (Å²) in [5.41, 5.74) is 2.75. The Hall–Kier alpha value is -1.39. The molecule has 1 aromatic rings. The molecule has 2 rings (SSSR count). The fraction of sp³-hybridized carbons (Fsp3) is 0.632. The van der Waals surface area contributed by atoms with Crippen LogP contribution in [-0.2, 0) is 17.9 Å². The van der Waals surface area contributed by atoms with Gasteiger partial charge in [-0.2, -0.15) is 0 Å². The Morgan fingerprint density at radius 3 is 2.30 bits per heavy atom. The first-order valence-electron chi connectivity index (χ1n) is 8.89. The molecule has 1 saturated carbocycles. The number of hydrogen-bond acceptors (Lipinski definition) is 3. The first-order valence-corrected chi connectivity index (χ1v) is 8.89. The van der Waals surface area contributed by atoms with Crippen molar-refractivity contribution < 1.29 is 9.90 Å². The van der Waals surface area contributed by atoms with Gasteiger partial charge in [0, 0.05) is 19.1 Å². The Balaban J connectivity index is 1.87. The van der Waals surface area contributed by atoms with Crippen molar-refractivity contribution in [2.75, 3.05) is 13.1 Å². The summed E-state index contributed by atoms with van der Waals surface area (Å²) in [6, 6.07) is 9.09. The van der Waals surface area contributed by atoms with Gasteiger partial charge in [0.2, 0.25) is 0 Å². The highest BCUT2D eigenvalue weighted by atomic mass is 16.4. The summed E-state index contributed by atoms with van der Waals surface area (Å²) < 4.78 is 0. The van der Waals surface area contributed by atoms with Gasteiger partial charge in [0.1, 0.15) is 0 Å². The lowest BCUT2D eigenvalue weighted by Gasteiger charge is -2.27. The van der Waals surface area contributed by atoms with Crippen molar-refractivity contribution in [1.82, 2.24) is 10.2 Å². The van der Waals surface area contributed by atoms with E-state index in [1.165, 1.54) is 11.1 Å². The zero-order chi connectivity index (χ0) is 16.7. The standard InChI is InChI=1S/C19H30N2O2/c1-3-21(4-2)14-17-8-6-5-7-16(17)13-20-18-11-9-15(10-12-18)19(22)23/h5-8,15,18,20H,3-4,9-14H2,1-2H3,(H,22,23). The number of hydrogen-bond donors (Lipinski definition) is 2. The third-order valence-electron chi connectivity index (χ3n) is 5.06. The number of carbonyl (C=O) groups is 1. The van der Waals surface area contributed by atoms with Crippen LogP contribution in [0, 0.1) is 5.92 Å². The molecule has 1 aliphatic rings. The molecule has 0 unspecified atom stereocenters. The van der Waals surface area contributed by atoms with Crippen LogP contribution in [0.25, 0.3) is 0 Å². The number of aliphatic carboxylic acids is 1. The van der Waals surface area contributed by atoms with Crippen molar-refractivity contribution in [1.29, 1.82) is 0 Å². The molecule has 4 nitrogen and oxygen atoms in total. The topological polar surface area (TPSA) is 52.6 Å². The van der Waals surface area contributed by atoms with E-state index >= 15 is 0 Å². The van der Waals surface area contributed by atoms with Crippen LogP contribution in [0.5, 0.6) is 0 Å². The minimum absolute atomic E-state index is 0.136. The molecule has 0 atom stereocenters. The Labute approximate surface area is 139 Å². The fourth-order valence-corrected chi connectivity index (χ4v) is 3.37. The monoisotopic (exact) mass is 318 g/mol. The van der Waals surface area contributed by atoms with Gasteiger partial charge in [-0.3, -0.25) is 9.69 Å². The van der Waals surface area contributed by atoms with Crippen LogP contribution in [-0.4, -0.2) is 35.1 Å². The second-order valence-electron chi connectivity index (χ2n) is 6.50. The lowest BCUT2D eigenvalue weighted by Crippen LogP contribution is -2.35.